The number of nitrogens with zero attached hydrogens (tertiary/aromatic N) is 5. The third-order valence-corrected chi connectivity index (χ3v) is 14.1. The zero-order chi connectivity index (χ0) is 45.4. The van der Waals surface area contributed by atoms with Crippen molar-refractivity contribution in [3.05, 3.63) is 242 Å². The smallest absolute Gasteiger partial charge is 0.212 e. The highest BCUT2D eigenvalue weighted by Crippen LogP contribution is 2.49. The number of hydrogen-bond acceptors (Lipinski definition) is 3. The van der Waals surface area contributed by atoms with Gasteiger partial charge < -0.3 is 14.5 Å². The normalized spacial score (nSPS) is 15.0. The largest absolute Gasteiger partial charge is 0.330 e. The van der Waals surface area contributed by atoms with Crippen LogP contribution >= 0.6 is 0 Å². The minimum Gasteiger partial charge on any atom is -0.330 e. The molecule has 0 saturated carbocycles. The van der Waals surface area contributed by atoms with Gasteiger partial charge in [0.1, 0.15) is 6.17 Å². The SMILES string of the molecule is C1=CCCC(n2c3ccccc3c3c(-c4ccccc4)cc(-n4c5ccccc5c5ccc6c7ccccc7n(C7=NC(c8ccccc8)=NC(c8ccccc8)N7)c6c54)c(-c4ccccc4)c32)=C1. The zero-order valence-electron chi connectivity index (χ0n) is 37.7. The quantitative estimate of drug-likeness (QED) is 0.178. The van der Waals surface area contributed by atoms with E-state index in [0.29, 0.717) is 11.8 Å². The summed E-state index contributed by atoms with van der Waals surface area (Å²) in [4.78, 5) is 10.7. The average molecular weight is 885 g/mol. The van der Waals surface area contributed by atoms with Crippen LogP contribution in [-0.4, -0.2) is 25.5 Å². The van der Waals surface area contributed by atoms with Crippen molar-refractivity contribution in [2.45, 2.75) is 19.0 Å². The predicted octanol–water partition coefficient (Wildman–Crippen LogP) is 15.5. The van der Waals surface area contributed by atoms with Crippen LogP contribution < -0.4 is 5.32 Å². The summed E-state index contributed by atoms with van der Waals surface area (Å²) in [6.07, 6.45) is 8.37. The Morgan fingerprint density at radius 3 is 1.64 bits per heavy atom. The maximum absolute atomic E-state index is 5.48. The summed E-state index contributed by atoms with van der Waals surface area (Å²) >= 11 is 0. The second-order valence-electron chi connectivity index (χ2n) is 18.0. The summed E-state index contributed by atoms with van der Waals surface area (Å²) in [6, 6.07) is 76.6. The lowest BCUT2D eigenvalue weighted by Crippen LogP contribution is -2.37. The predicted molar refractivity (Wildman–Crippen MR) is 288 cm³/mol. The highest BCUT2D eigenvalue weighted by atomic mass is 15.3. The zero-order valence-corrected chi connectivity index (χ0v) is 37.7. The molecule has 0 saturated heterocycles. The molecular formula is C63H44N6. The molecule has 2 aliphatic rings. The molecule has 9 aromatic carbocycles. The van der Waals surface area contributed by atoms with Crippen LogP contribution in [0.2, 0.25) is 0 Å². The van der Waals surface area contributed by atoms with Gasteiger partial charge in [-0.15, -0.1) is 0 Å². The van der Waals surface area contributed by atoms with E-state index in [4.69, 9.17) is 9.98 Å². The molecule has 0 radical (unpaired) electrons. The first-order chi connectivity index (χ1) is 34.3. The standard InChI is InChI=1S/C63H44N6/c1-6-22-41(23-7-1)51-40-55(56(42-24-8-2-9-25-42)60-57(51)50-34-18-21-37-54(50)67(60)45-30-14-5-15-31-45)68-52-35-19-16-32-46(52)48-38-39-49-47-33-17-20-36-53(47)69(59(49)58(48)68)63-65-61(43-26-10-3-11-27-43)64-62(66-63)44-28-12-4-13-29-44/h1-14,16-30,32-40,61H,15,31H2,(H,64,65,66). The Morgan fingerprint density at radius 1 is 0.464 bits per heavy atom. The summed E-state index contributed by atoms with van der Waals surface area (Å²) in [5.41, 5.74) is 15.9. The molecule has 1 unspecified atom stereocenters. The van der Waals surface area contributed by atoms with Crippen molar-refractivity contribution in [2.24, 2.45) is 9.98 Å². The third kappa shape index (κ3) is 6.12. The third-order valence-electron chi connectivity index (χ3n) is 14.1. The van der Waals surface area contributed by atoms with Crippen LogP contribution in [0.5, 0.6) is 0 Å². The van der Waals surface area contributed by atoms with E-state index in [1.54, 1.807) is 0 Å². The topological polar surface area (TPSA) is 51.5 Å². The van der Waals surface area contributed by atoms with E-state index < -0.39 is 0 Å². The first kappa shape index (κ1) is 39.2. The lowest BCUT2D eigenvalue weighted by Gasteiger charge is -2.25. The fourth-order valence-electron chi connectivity index (χ4n) is 11.2. The first-order valence-electron chi connectivity index (χ1n) is 23.8. The number of nitrogens with one attached hydrogen (secondary N) is 1. The minimum absolute atomic E-state index is 0.374. The monoisotopic (exact) mass is 884 g/mol. The van der Waals surface area contributed by atoms with Gasteiger partial charge in [-0.2, -0.15) is 4.99 Å². The van der Waals surface area contributed by atoms with Crippen LogP contribution in [0.1, 0.15) is 30.1 Å². The van der Waals surface area contributed by atoms with Gasteiger partial charge >= 0.3 is 0 Å². The number of fused-ring (bicyclic) bond motifs is 10. The second-order valence-corrected chi connectivity index (χ2v) is 18.0. The van der Waals surface area contributed by atoms with Gasteiger partial charge in [0, 0.05) is 49.1 Å². The minimum atomic E-state index is -0.374. The van der Waals surface area contributed by atoms with E-state index in [9.17, 15) is 0 Å². The highest BCUT2D eigenvalue weighted by molar-refractivity contribution is 6.28. The fraction of sp³-hybridized carbons (Fsp3) is 0.0476. The number of para-hydroxylation sites is 3. The van der Waals surface area contributed by atoms with E-state index in [-0.39, 0.29) is 6.17 Å². The van der Waals surface area contributed by atoms with Crippen LogP contribution in [0.4, 0.5) is 0 Å². The molecule has 0 amide bonds. The van der Waals surface area contributed by atoms with Gasteiger partial charge in [0.2, 0.25) is 5.96 Å². The van der Waals surface area contributed by atoms with E-state index >= 15 is 0 Å². The average Bonchev–Trinajstić information content (AvgIpc) is 4.08. The summed E-state index contributed by atoms with van der Waals surface area (Å²) in [6.45, 7) is 0. The maximum Gasteiger partial charge on any atom is 0.212 e. The molecule has 14 rings (SSSR count). The van der Waals surface area contributed by atoms with Crippen molar-refractivity contribution in [3.8, 4) is 27.9 Å². The molecule has 0 bridgehead atoms. The Morgan fingerprint density at radius 2 is 1.00 bits per heavy atom. The van der Waals surface area contributed by atoms with Gasteiger partial charge in [-0.1, -0.05) is 200 Å². The second kappa shape index (κ2) is 15.8. The Balaban J connectivity index is 1.18. The molecule has 1 aliphatic carbocycles. The number of benzene rings is 9. The summed E-state index contributed by atoms with van der Waals surface area (Å²) in [5.74, 6) is 1.40. The van der Waals surface area contributed by atoms with Gasteiger partial charge in [0.25, 0.3) is 0 Å². The Kier molecular flexibility index (Phi) is 8.99. The number of rotatable bonds is 6. The molecule has 4 heterocycles. The summed E-state index contributed by atoms with van der Waals surface area (Å²) < 4.78 is 7.50. The van der Waals surface area contributed by atoms with Crippen molar-refractivity contribution in [1.29, 1.82) is 0 Å². The number of aromatic nitrogens is 3. The van der Waals surface area contributed by atoms with Gasteiger partial charge in [-0.25, -0.2) is 4.99 Å². The Labute approximate surface area is 398 Å². The number of amidine groups is 1. The van der Waals surface area contributed by atoms with Crippen molar-refractivity contribution >= 4 is 82.9 Å². The molecule has 1 atom stereocenters. The molecule has 6 nitrogen and oxygen atoms in total. The van der Waals surface area contributed by atoms with Crippen LogP contribution in [0.15, 0.2) is 241 Å². The van der Waals surface area contributed by atoms with Crippen molar-refractivity contribution in [1.82, 2.24) is 19.0 Å². The van der Waals surface area contributed by atoms with Gasteiger partial charge in [0.15, 0.2) is 5.84 Å². The molecule has 0 spiro atoms. The Hall–Kier alpha value is -9.00. The lowest BCUT2D eigenvalue weighted by atomic mass is 9.92. The van der Waals surface area contributed by atoms with Crippen molar-refractivity contribution in [2.75, 3.05) is 0 Å². The number of hydrogen-bond donors (Lipinski definition) is 1. The van der Waals surface area contributed by atoms with Crippen LogP contribution in [-0.2, 0) is 0 Å². The van der Waals surface area contributed by atoms with Gasteiger partial charge in [-0.3, -0.25) is 4.57 Å². The Bertz CT molecular complexity index is 4130. The number of aliphatic imine (C=N–C) groups is 2. The summed E-state index contributed by atoms with van der Waals surface area (Å²) in [7, 11) is 0. The first-order valence-corrected chi connectivity index (χ1v) is 23.8. The fourth-order valence-corrected chi connectivity index (χ4v) is 11.2. The molecule has 12 aromatic rings. The van der Waals surface area contributed by atoms with Gasteiger partial charge in [0.05, 0.1) is 38.8 Å². The molecule has 0 fully saturated rings. The lowest BCUT2D eigenvalue weighted by molar-refractivity contribution is 0.661. The molecule has 1 N–H and O–H groups in total. The van der Waals surface area contributed by atoms with Crippen LogP contribution in [0.3, 0.4) is 0 Å². The molecule has 6 heteroatoms. The number of allylic oxidation sites excluding steroid dienone is 4. The van der Waals surface area contributed by atoms with E-state index in [1.807, 2.05) is 6.07 Å². The highest BCUT2D eigenvalue weighted by Gasteiger charge is 2.30. The molecule has 3 aromatic heterocycles. The van der Waals surface area contributed by atoms with Crippen molar-refractivity contribution in [3.63, 3.8) is 0 Å². The molecule has 326 valence electrons. The molecule has 69 heavy (non-hydrogen) atoms. The van der Waals surface area contributed by atoms with Crippen LogP contribution in [0.25, 0.3) is 99.1 Å². The summed E-state index contributed by atoms with van der Waals surface area (Å²) in [5, 5.41) is 11.0. The maximum atomic E-state index is 5.48. The van der Waals surface area contributed by atoms with Crippen LogP contribution in [0, 0.1) is 0 Å². The molecular weight excluding hydrogens is 841 g/mol. The molecule has 1 aliphatic heterocycles. The van der Waals surface area contributed by atoms with Gasteiger partial charge in [-0.05, 0) is 65.4 Å². The van der Waals surface area contributed by atoms with E-state index in [1.165, 1.54) is 49.6 Å². The van der Waals surface area contributed by atoms with Crippen molar-refractivity contribution < 1.29 is 0 Å². The van der Waals surface area contributed by atoms with E-state index in [2.05, 4.69) is 244 Å². The van der Waals surface area contributed by atoms with E-state index in [0.717, 1.165) is 73.4 Å².